The van der Waals surface area contributed by atoms with Crippen LogP contribution in [0.15, 0.2) is 0 Å². The van der Waals surface area contributed by atoms with Crippen LogP contribution in [0.5, 0.6) is 0 Å². The second-order valence-corrected chi connectivity index (χ2v) is 4.15. The van der Waals surface area contributed by atoms with Crippen LogP contribution in [-0.2, 0) is 5.11 Å². The van der Waals surface area contributed by atoms with Crippen LogP contribution < -0.4 is 0 Å². The van der Waals surface area contributed by atoms with Crippen LogP contribution in [0.1, 0.15) is 65.2 Å². The predicted octanol–water partition coefficient (Wildman–Crippen LogP) is 4.19. The van der Waals surface area contributed by atoms with Crippen LogP contribution in [0.3, 0.4) is 0 Å². The molecule has 0 spiro atoms. The summed E-state index contributed by atoms with van der Waals surface area (Å²) in [5.41, 5.74) is 0. The molecule has 0 aliphatic carbocycles. The van der Waals surface area contributed by atoms with E-state index in [1.165, 1.54) is 44.9 Å². The Kier molecular flexibility index (Phi) is 10.0. The minimum atomic E-state index is 0.108. The Morgan fingerprint density at radius 1 is 0.923 bits per heavy atom. The highest BCUT2D eigenvalue weighted by Gasteiger charge is 2.00. The van der Waals surface area contributed by atoms with Crippen molar-refractivity contribution in [3.05, 3.63) is 0 Å². The number of hydrogen-bond donors (Lipinski definition) is 0. The highest BCUT2D eigenvalue weighted by molar-refractivity contribution is 4.53. The van der Waals surface area contributed by atoms with Gasteiger partial charge in [0.1, 0.15) is 0 Å². The zero-order chi connectivity index (χ0) is 9.94. The van der Waals surface area contributed by atoms with Gasteiger partial charge in [0.25, 0.3) is 0 Å². The Hall–Kier alpha value is -0.0400. The largest absolute Gasteiger partial charge is 0.237 e. The molecule has 79 valence electrons. The van der Waals surface area contributed by atoms with Gasteiger partial charge in [-0.25, -0.2) is 5.11 Å². The third kappa shape index (κ3) is 9.88. The van der Waals surface area contributed by atoms with Crippen molar-refractivity contribution in [3.63, 3.8) is 0 Å². The zero-order valence-corrected chi connectivity index (χ0v) is 9.35. The molecule has 1 radical (unpaired) electrons. The van der Waals surface area contributed by atoms with Crippen molar-refractivity contribution in [2.24, 2.45) is 5.92 Å². The Labute approximate surface area is 83.5 Å². The molecule has 0 amide bonds. The summed E-state index contributed by atoms with van der Waals surface area (Å²) in [6.07, 6.45) is 10.3. The lowest BCUT2D eigenvalue weighted by Crippen LogP contribution is -1.96. The normalized spacial score (nSPS) is 13.2. The van der Waals surface area contributed by atoms with Gasteiger partial charge in [-0.15, -0.1) is 0 Å². The minimum Gasteiger partial charge on any atom is -0.237 e. The highest BCUT2D eigenvalue weighted by Crippen LogP contribution is 2.14. The molecule has 0 rings (SSSR count). The van der Waals surface area contributed by atoms with E-state index < -0.39 is 0 Å². The predicted molar refractivity (Wildman–Crippen MR) is 57.3 cm³/mol. The Morgan fingerprint density at radius 3 is 2.15 bits per heavy atom. The van der Waals surface area contributed by atoms with Gasteiger partial charge < -0.3 is 0 Å². The van der Waals surface area contributed by atoms with Gasteiger partial charge in [-0.2, -0.15) is 0 Å². The van der Waals surface area contributed by atoms with Crippen LogP contribution in [0.2, 0.25) is 0 Å². The number of hydrogen-bond acceptors (Lipinski definition) is 0. The van der Waals surface area contributed by atoms with Gasteiger partial charge in [-0.1, -0.05) is 58.8 Å². The summed E-state index contributed by atoms with van der Waals surface area (Å²) in [5.74, 6) is 0.656. The lowest BCUT2D eigenvalue weighted by Gasteiger charge is -2.07. The molecule has 0 aromatic heterocycles. The average Bonchev–Trinajstić information content (AvgIpc) is 2.11. The molecule has 1 heteroatoms. The lowest BCUT2D eigenvalue weighted by atomic mass is 9.99. The Balaban J connectivity index is 2.97. The summed E-state index contributed by atoms with van der Waals surface area (Å²) < 4.78 is 0. The summed E-state index contributed by atoms with van der Waals surface area (Å²) in [6.45, 7) is 4.55. The summed E-state index contributed by atoms with van der Waals surface area (Å²) in [5, 5.41) is 10.3. The average molecular weight is 185 g/mol. The third-order valence-corrected chi connectivity index (χ3v) is 2.66. The molecule has 1 nitrogen and oxygen atoms in total. The van der Waals surface area contributed by atoms with E-state index in [1.54, 1.807) is 0 Å². The fourth-order valence-electron chi connectivity index (χ4n) is 1.62. The first-order chi connectivity index (χ1) is 6.31. The summed E-state index contributed by atoms with van der Waals surface area (Å²) in [4.78, 5) is 0. The van der Waals surface area contributed by atoms with E-state index in [1.807, 2.05) is 0 Å². The van der Waals surface area contributed by atoms with Crippen LogP contribution in [-0.4, -0.2) is 6.61 Å². The zero-order valence-electron chi connectivity index (χ0n) is 9.35. The Morgan fingerprint density at radius 2 is 1.54 bits per heavy atom. The van der Waals surface area contributed by atoms with Gasteiger partial charge >= 0.3 is 0 Å². The van der Waals surface area contributed by atoms with Crippen molar-refractivity contribution in [3.8, 4) is 0 Å². The SMILES string of the molecule is CCCCCCCCC(C)CC[O]. The molecule has 1 atom stereocenters. The van der Waals surface area contributed by atoms with E-state index in [0.29, 0.717) is 5.92 Å². The molecule has 0 saturated carbocycles. The monoisotopic (exact) mass is 185 g/mol. The van der Waals surface area contributed by atoms with Crippen LogP contribution in [0.25, 0.3) is 0 Å². The maximum Gasteiger partial charge on any atom is 0.0824 e. The van der Waals surface area contributed by atoms with E-state index in [-0.39, 0.29) is 6.61 Å². The fraction of sp³-hybridized carbons (Fsp3) is 1.00. The fourth-order valence-corrected chi connectivity index (χ4v) is 1.62. The van der Waals surface area contributed by atoms with Crippen molar-refractivity contribution in [2.75, 3.05) is 6.61 Å². The second-order valence-electron chi connectivity index (χ2n) is 4.15. The summed E-state index contributed by atoms with van der Waals surface area (Å²) >= 11 is 0. The van der Waals surface area contributed by atoms with Crippen molar-refractivity contribution in [1.82, 2.24) is 0 Å². The molecular weight excluding hydrogens is 160 g/mol. The standard InChI is InChI=1S/C12H25O/c1-3-4-5-6-7-8-9-12(2)10-11-13/h12H,3-11H2,1-2H3. The van der Waals surface area contributed by atoms with Crippen molar-refractivity contribution in [2.45, 2.75) is 65.2 Å². The summed E-state index contributed by atoms with van der Waals surface area (Å²) in [6, 6.07) is 0. The van der Waals surface area contributed by atoms with E-state index in [4.69, 9.17) is 0 Å². The smallest absolute Gasteiger partial charge is 0.0824 e. The molecule has 13 heavy (non-hydrogen) atoms. The number of rotatable bonds is 9. The lowest BCUT2D eigenvalue weighted by molar-refractivity contribution is 0.170. The third-order valence-electron chi connectivity index (χ3n) is 2.66. The van der Waals surface area contributed by atoms with Crippen molar-refractivity contribution in [1.29, 1.82) is 0 Å². The molecule has 0 saturated heterocycles. The number of unbranched alkanes of at least 4 members (excludes halogenated alkanes) is 5. The molecular formula is C12H25O. The topological polar surface area (TPSA) is 19.9 Å². The van der Waals surface area contributed by atoms with E-state index >= 15 is 0 Å². The van der Waals surface area contributed by atoms with Gasteiger partial charge in [0.15, 0.2) is 0 Å². The van der Waals surface area contributed by atoms with Gasteiger partial charge in [-0.3, -0.25) is 0 Å². The molecule has 1 unspecified atom stereocenters. The van der Waals surface area contributed by atoms with E-state index in [9.17, 15) is 5.11 Å². The van der Waals surface area contributed by atoms with Crippen LogP contribution in [0.4, 0.5) is 0 Å². The molecule has 0 aliphatic heterocycles. The molecule has 0 N–H and O–H groups in total. The minimum absolute atomic E-state index is 0.108. The van der Waals surface area contributed by atoms with Gasteiger partial charge in [-0.05, 0) is 12.3 Å². The van der Waals surface area contributed by atoms with Gasteiger partial charge in [0.2, 0.25) is 0 Å². The van der Waals surface area contributed by atoms with Crippen molar-refractivity contribution < 1.29 is 5.11 Å². The molecule has 0 bridgehead atoms. The first-order valence-electron chi connectivity index (χ1n) is 5.89. The first-order valence-corrected chi connectivity index (χ1v) is 5.89. The molecule has 0 aliphatic rings. The van der Waals surface area contributed by atoms with Crippen LogP contribution >= 0.6 is 0 Å². The molecule has 0 fully saturated rings. The maximum atomic E-state index is 10.3. The molecule has 0 aromatic rings. The maximum absolute atomic E-state index is 10.3. The highest BCUT2D eigenvalue weighted by atomic mass is 16.2. The van der Waals surface area contributed by atoms with Crippen molar-refractivity contribution >= 4 is 0 Å². The molecule has 0 aromatic carbocycles. The Bertz CT molecular complexity index is 91.1. The van der Waals surface area contributed by atoms with E-state index in [2.05, 4.69) is 13.8 Å². The summed E-state index contributed by atoms with van der Waals surface area (Å²) in [7, 11) is 0. The van der Waals surface area contributed by atoms with E-state index in [0.717, 1.165) is 6.42 Å². The molecule has 0 heterocycles. The van der Waals surface area contributed by atoms with Gasteiger partial charge in [0, 0.05) is 0 Å². The van der Waals surface area contributed by atoms with Crippen LogP contribution in [0, 0.1) is 5.92 Å². The second kappa shape index (κ2) is 10.0. The first kappa shape index (κ1) is 13.0. The van der Waals surface area contributed by atoms with Gasteiger partial charge in [0.05, 0.1) is 6.61 Å². The quantitative estimate of drug-likeness (QED) is 0.480.